The molecule has 0 radical (unpaired) electrons. The van der Waals surface area contributed by atoms with Crippen LogP contribution in [0.4, 0.5) is 5.82 Å². The van der Waals surface area contributed by atoms with Crippen LogP contribution in [0.3, 0.4) is 0 Å². The van der Waals surface area contributed by atoms with E-state index in [1.165, 1.54) is 12.8 Å². The largest absolute Gasteiger partial charge is 0.486 e. The SMILES string of the molecule is CCCCCN(C)c1nc(C)ncc1OCCOC. The third-order valence-electron chi connectivity index (χ3n) is 2.86. The second-order valence-corrected chi connectivity index (χ2v) is 4.57. The molecule has 0 amide bonds. The van der Waals surface area contributed by atoms with Gasteiger partial charge in [-0.3, -0.25) is 0 Å². The van der Waals surface area contributed by atoms with Crippen molar-refractivity contribution in [3.63, 3.8) is 0 Å². The molecule has 0 aromatic carbocycles. The summed E-state index contributed by atoms with van der Waals surface area (Å²) in [4.78, 5) is 10.8. The maximum Gasteiger partial charge on any atom is 0.180 e. The van der Waals surface area contributed by atoms with Crippen LogP contribution in [-0.4, -0.2) is 43.9 Å². The summed E-state index contributed by atoms with van der Waals surface area (Å²) >= 11 is 0. The third-order valence-corrected chi connectivity index (χ3v) is 2.86. The minimum absolute atomic E-state index is 0.513. The second kappa shape index (κ2) is 8.69. The Kier molecular flexibility index (Phi) is 7.18. The maximum absolute atomic E-state index is 5.67. The Morgan fingerprint density at radius 2 is 2.05 bits per heavy atom. The maximum atomic E-state index is 5.67. The fourth-order valence-electron chi connectivity index (χ4n) is 1.76. The lowest BCUT2D eigenvalue weighted by molar-refractivity contribution is 0.146. The van der Waals surface area contributed by atoms with Gasteiger partial charge >= 0.3 is 0 Å². The Labute approximate surface area is 116 Å². The minimum Gasteiger partial charge on any atom is -0.486 e. The molecule has 0 aliphatic heterocycles. The summed E-state index contributed by atoms with van der Waals surface area (Å²) in [5.41, 5.74) is 0. The molecule has 0 bridgehead atoms. The standard InChI is InChI=1S/C14H25N3O2/c1-5-6-7-8-17(3)14-13(19-10-9-18-4)11-15-12(2)16-14/h11H,5-10H2,1-4H3. The fourth-order valence-corrected chi connectivity index (χ4v) is 1.76. The van der Waals surface area contributed by atoms with Crippen LogP contribution in [0.25, 0.3) is 0 Å². The highest BCUT2D eigenvalue weighted by Gasteiger charge is 2.11. The van der Waals surface area contributed by atoms with Crippen molar-refractivity contribution in [2.45, 2.75) is 33.1 Å². The molecule has 1 aromatic rings. The van der Waals surface area contributed by atoms with Gasteiger partial charge in [0.1, 0.15) is 12.4 Å². The third kappa shape index (κ3) is 5.42. The van der Waals surface area contributed by atoms with E-state index in [-0.39, 0.29) is 0 Å². The van der Waals surface area contributed by atoms with Gasteiger partial charge in [-0.2, -0.15) is 0 Å². The van der Waals surface area contributed by atoms with Crippen LogP contribution in [0.15, 0.2) is 6.20 Å². The number of ether oxygens (including phenoxy) is 2. The number of aromatic nitrogens is 2. The van der Waals surface area contributed by atoms with Crippen LogP contribution in [0, 0.1) is 6.92 Å². The van der Waals surface area contributed by atoms with E-state index in [4.69, 9.17) is 9.47 Å². The van der Waals surface area contributed by atoms with Gasteiger partial charge in [0.15, 0.2) is 11.6 Å². The number of rotatable bonds is 9. The second-order valence-electron chi connectivity index (χ2n) is 4.57. The number of anilines is 1. The number of hydrogen-bond acceptors (Lipinski definition) is 5. The van der Waals surface area contributed by atoms with E-state index in [1.807, 2.05) is 14.0 Å². The van der Waals surface area contributed by atoms with Crippen LogP contribution in [0.2, 0.25) is 0 Å². The first-order chi connectivity index (χ1) is 9.19. The van der Waals surface area contributed by atoms with E-state index in [0.717, 1.165) is 30.4 Å². The van der Waals surface area contributed by atoms with Gasteiger partial charge in [0.2, 0.25) is 0 Å². The van der Waals surface area contributed by atoms with Crippen LogP contribution >= 0.6 is 0 Å². The zero-order valence-electron chi connectivity index (χ0n) is 12.5. The van der Waals surface area contributed by atoms with Crippen LogP contribution in [0.5, 0.6) is 5.75 Å². The Morgan fingerprint density at radius 3 is 2.74 bits per heavy atom. The van der Waals surface area contributed by atoms with E-state index < -0.39 is 0 Å². The molecular weight excluding hydrogens is 242 g/mol. The zero-order chi connectivity index (χ0) is 14.1. The average molecular weight is 267 g/mol. The van der Waals surface area contributed by atoms with Gasteiger partial charge in [-0.15, -0.1) is 0 Å². The van der Waals surface area contributed by atoms with Crippen molar-refractivity contribution in [3.05, 3.63) is 12.0 Å². The van der Waals surface area contributed by atoms with Crippen molar-refractivity contribution in [3.8, 4) is 5.75 Å². The summed E-state index contributed by atoms with van der Waals surface area (Å²) in [7, 11) is 3.70. The van der Waals surface area contributed by atoms with Gasteiger partial charge in [-0.1, -0.05) is 19.8 Å². The lowest BCUT2D eigenvalue weighted by atomic mass is 10.2. The molecular formula is C14H25N3O2. The molecule has 0 atom stereocenters. The predicted octanol–water partition coefficient (Wildman–Crippen LogP) is 2.44. The van der Waals surface area contributed by atoms with E-state index in [2.05, 4.69) is 21.8 Å². The molecule has 0 fully saturated rings. The summed E-state index contributed by atoms with van der Waals surface area (Å²) in [5.74, 6) is 2.35. The molecule has 1 aromatic heterocycles. The quantitative estimate of drug-likeness (QED) is 0.643. The van der Waals surface area contributed by atoms with Gasteiger partial charge < -0.3 is 14.4 Å². The molecule has 108 valence electrons. The van der Waals surface area contributed by atoms with Crippen molar-refractivity contribution in [1.29, 1.82) is 0 Å². The van der Waals surface area contributed by atoms with Crippen molar-refractivity contribution < 1.29 is 9.47 Å². The summed E-state index contributed by atoms with van der Waals surface area (Å²) in [6.07, 6.45) is 5.35. The van der Waals surface area contributed by atoms with Gasteiger partial charge in [-0.25, -0.2) is 9.97 Å². The number of methoxy groups -OCH3 is 1. The molecule has 0 aliphatic rings. The number of nitrogens with zero attached hydrogens (tertiary/aromatic N) is 3. The molecule has 0 unspecified atom stereocenters. The Morgan fingerprint density at radius 1 is 1.26 bits per heavy atom. The minimum atomic E-state index is 0.513. The highest BCUT2D eigenvalue weighted by Crippen LogP contribution is 2.24. The normalized spacial score (nSPS) is 10.5. The van der Waals surface area contributed by atoms with Crippen molar-refractivity contribution in [2.75, 3.05) is 38.8 Å². The smallest absolute Gasteiger partial charge is 0.180 e. The van der Waals surface area contributed by atoms with Crippen molar-refractivity contribution >= 4 is 5.82 Å². The average Bonchev–Trinajstić information content (AvgIpc) is 2.40. The van der Waals surface area contributed by atoms with E-state index in [0.29, 0.717) is 13.2 Å². The molecule has 1 rings (SSSR count). The first-order valence-electron chi connectivity index (χ1n) is 6.85. The molecule has 1 heterocycles. The molecule has 5 heteroatoms. The van der Waals surface area contributed by atoms with E-state index in [9.17, 15) is 0 Å². The summed E-state index contributed by atoms with van der Waals surface area (Å²) in [6.45, 7) is 6.15. The molecule has 0 spiro atoms. The molecule has 0 saturated heterocycles. The van der Waals surface area contributed by atoms with Gasteiger partial charge in [0, 0.05) is 20.7 Å². The number of unbranched alkanes of at least 4 members (excludes halogenated alkanes) is 2. The topological polar surface area (TPSA) is 47.5 Å². The van der Waals surface area contributed by atoms with E-state index >= 15 is 0 Å². The predicted molar refractivity (Wildman–Crippen MR) is 76.9 cm³/mol. The lowest BCUT2D eigenvalue weighted by Gasteiger charge is -2.21. The number of hydrogen-bond donors (Lipinski definition) is 0. The van der Waals surface area contributed by atoms with Crippen molar-refractivity contribution in [2.24, 2.45) is 0 Å². The van der Waals surface area contributed by atoms with Gasteiger partial charge in [0.05, 0.1) is 12.8 Å². The van der Waals surface area contributed by atoms with Crippen LogP contribution in [0.1, 0.15) is 32.0 Å². The molecule has 5 nitrogen and oxygen atoms in total. The summed E-state index contributed by atoms with van der Waals surface area (Å²) < 4.78 is 10.7. The Bertz CT molecular complexity index is 372. The molecule has 19 heavy (non-hydrogen) atoms. The first kappa shape index (κ1) is 15.7. The molecule has 0 N–H and O–H groups in total. The van der Waals surface area contributed by atoms with Gasteiger partial charge in [0.25, 0.3) is 0 Å². The number of aryl methyl sites for hydroxylation is 1. The lowest BCUT2D eigenvalue weighted by Crippen LogP contribution is -2.21. The zero-order valence-corrected chi connectivity index (χ0v) is 12.5. The monoisotopic (exact) mass is 267 g/mol. The molecule has 0 saturated carbocycles. The van der Waals surface area contributed by atoms with E-state index in [1.54, 1.807) is 13.3 Å². The molecule has 0 aliphatic carbocycles. The van der Waals surface area contributed by atoms with Crippen LogP contribution < -0.4 is 9.64 Å². The fraction of sp³-hybridized carbons (Fsp3) is 0.714. The highest BCUT2D eigenvalue weighted by atomic mass is 16.5. The van der Waals surface area contributed by atoms with Crippen LogP contribution in [-0.2, 0) is 4.74 Å². The highest BCUT2D eigenvalue weighted by molar-refractivity contribution is 5.50. The van der Waals surface area contributed by atoms with Gasteiger partial charge in [-0.05, 0) is 13.3 Å². The Hall–Kier alpha value is -1.36. The van der Waals surface area contributed by atoms with Crippen molar-refractivity contribution in [1.82, 2.24) is 9.97 Å². The summed E-state index contributed by atoms with van der Waals surface area (Å²) in [6, 6.07) is 0. The first-order valence-corrected chi connectivity index (χ1v) is 6.85. The Balaban J connectivity index is 2.69. The summed E-state index contributed by atoms with van der Waals surface area (Å²) in [5, 5.41) is 0.